The fourth-order valence-electron chi connectivity index (χ4n) is 4.54. The van der Waals surface area contributed by atoms with Crippen LogP contribution in [0.3, 0.4) is 0 Å². The van der Waals surface area contributed by atoms with Crippen LogP contribution in [-0.4, -0.2) is 57.2 Å². The van der Waals surface area contributed by atoms with Crippen LogP contribution < -0.4 is 5.32 Å². The van der Waals surface area contributed by atoms with Crippen molar-refractivity contribution in [2.24, 2.45) is 27.7 Å². The van der Waals surface area contributed by atoms with E-state index < -0.39 is 11.8 Å². The Morgan fingerprint density at radius 1 is 1.17 bits per heavy atom. The third-order valence-electron chi connectivity index (χ3n) is 5.69. The zero-order valence-corrected chi connectivity index (χ0v) is 17.0. The first-order valence-electron chi connectivity index (χ1n) is 10.2. The molecular formula is C20H26N6O3. The Kier molecular flexibility index (Phi) is 5.06. The van der Waals surface area contributed by atoms with Crippen molar-refractivity contribution < 1.29 is 14.4 Å². The first-order chi connectivity index (χ1) is 13.8. The highest BCUT2D eigenvalue weighted by Gasteiger charge is 2.34. The Labute approximate surface area is 169 Å². The number of aryl methyl sites for hydroxylation is 1. The third kappa shape index (κ3) is 3.86. The summed E-state index contributed by atoms with van der Waals surface area (Å²) in [6, 6.07) is 1.64. The summed E-state index contributed by atoms with van der Waals surface area (Å²) in [5.41, 5.74) is 1.44. The Balaban J connectivity index is 1.54. The van der Waals surface area contributed by atoms with Gasteiger partial charge in [-0.05, 0) is 44.4 Å². The molecule has 0 radical (unpaired) electrons. The normalized spacial score (nSPS) is 26.7. The lowest BCUT2D eigenvalue weighted by molar-refractivity contribution is -0.145. The smallest absolute Gasteiger partial charge is 0.315 e. The molecule has 3 unspecified atom stereocenters. The van der Waals surface area contributed by atoms with Gasteiger partial charge in [-0.3, -0.25) is 14.4 Å². The number of anilines is 1. The summed E-state index contributed by atoms with van der Waals surface area (Å²) < 4.78 is 1.33. The van der Waals surface area contributed by atoms with Crippen LogP contribution in [0.2, 0.25) is 0 Å². The summed E-state index contributed by atoms with van der Waals surface area (Å²) in [6.45, 7) is 7.08. The van der Waals surface area contributed by atoms with Gasteiger partial charge in [-0.25, -0.2) is 4.99 Å². The van der Waals surface area contributed by atoms with Gasteiger partial charge in [-0.1, -0.05) is 13.8 Å². The van der Waals surface area contributed by atoms with E-state index in [2.05, 4.69) is 34.2 Å². The minimum atomic E-state index is -0.721. The zero-order valence-electron chi connectivity index (χ0n) is 17.0. The molecule has 1 saturated carbocycles. The maximum absolute atomic E-state index is 12.7. The Hall–Kier alpha value is -2.84. The molecule has 1 aromatic heterocycles. The van der Waals surface area contributed by atoms with Gasteiger partial charge in [0.05, 0.1) is 11.6 Å². The maximum Gasteiger partial charge on any atom is 0.315 e. The van der Waals surface area contributed by atoms with E-state index in [4.69, 9.17) is 0 Å². The molecule has 3 amide bonds. The number of nitrogens with one attached hydrogen (secondary N) is 1. The highest BCUT2D eigenvalue weighted by molar-refractivity contribution is 6.39. The number of nitrogens with zero attached hydrogens (tertiary/aromatic N) is 5. The lowest BCUT2D eigenvalue weighted by atomic mass is 9.92. The standard InChI is InChI=1S/C20H26N6O3/c1-11-7-12(2)10-25(9-11)19(29)18(28)22-16-8-13(3)24-26(16)20-21-15-6-4-5-14(15)17(27)23-20/h8,11-12,14H,4-7,9-10H2,1-3H3,(H,22,28). The average Bonchev–Trinajstić information content (AvgIpc) is 3.26. The van der Waals surface area contributed by atoms with E-state index in [9.17, 15) is 14.4 Å². The Morgan fingerprint density at radius 3 is 2.62 bits per heavy atom. The quantitative estimate of drug-likeness (QED) is 0.725. The van der Waals surface area contributed by atoms with E-state index in [1.807, 2.05) is 0 Å². The predicted molar refractivity (Wildman–Crippen MR) is 108 cm³/mol. The van der Waals surface area contributed by atoms with Crippen molar-refractivity contribution in [3.05, 3.63) is 11.8 Å². The van der Waals surface area contributed by atoms with Gasteiger partial charge in [0.2, 0.25) is 0 Å². The first-order valence-corrected chi connectivity index (χ1v) is 10.2. The second-order valence-electron chi connectivity index (χ2n) is 8.49. The van der Waals surface area contributed by atoms with Crippen molar-refractivity contribution in [1.29, 1.82) is 0 Å². The lowest BCUT2D eigenvalue weighted by Gasteiger charge is -2.34. The number of carbonyl (C=O) groups is 3. The van der Waals surface area contributed by atoms with Crippen LogP contribution in [0.15, 0.2) is 16.1 Å². The number of carbonyl (C=O) groups excluding carboxylic acids is 3. The van der Waals surface area contributed by atoms with Gasteiger partial charge in [-0.2, -0.15) is 14.8 Å². The molecule has 2 aliphatic heterocycles. The van der Waals surface area contributed by atoms with Crippen LogP contribution in [-0.2, 0) is 14.4 Å². The van der Waals surface area contributed by atoms with Crippen molar-refractivity contribution in [3.63, 3.8) is 0 Å². The van der Waals surface area contributed by atoms with Gasteiger partial charge in [0.1, 0.15) is 5.82 Å². The molecule has 1 aliphatic carbocycles. The second kappa shape index (κ2) is 7.53. The molecule has 3 atom stereocenters. The van der Waals surface area contributed by atoms with Crippen LogP contribution in [0.1, 0.15) is 45.2 Å². The number of aliphatic imine (C=N–C) groups is 2. The number of piperidine rings is 1. The number of aromatic nitrogens is 2. The van der Waals surface area contributed by atoms with Crippen LogP contribution in [0, 0.1) is 24.7 Å². The molecule has 0 aromatic carbocycles. The van der Waals surface area contributed by atoms with Crippen molar-refractivity contribution in [1.82, 2.24) is 14.7 Å². The largest absolute Gasteiger partial charge is 0.334 e. The number of fused-ring (bicyclic) bond motifs is 1. The first kappa shape index (κ1) is 19.5. The molecule has 4 rings (SSSR count). The molecule has 3 aliphatic rings. The summed E-state index contributed by atoms with van der Waals surface area (Å²) in [4.78, 5) is 47.8. The summed E-state index contributed by atoms with van der Waals surface area (Å²) >= 11 is 0. The molecule has 3 heterocycles. The van der Waals surface area contributed by atoms with Crippen LogP contribution in [0.5, 0.6) is 0 Å². The van der Waals surface area contributed by atoms with E-state index in [0.717, 1.165) is 31.4 Å². The molecule has 0 spiro atoms. The van der Waals surface area contributed by atoms with E-state index in [1.54, 1.807) is 17.9 Å². The second-order valence-corrected chi connectivity index (χ2v) is 8.49. The minimum absolute atomic E-state index is 0.138. The molecule has 154 valence electrons. The Morgan fingerprint density at radius 2 is 1.90 bits per heavy atom. The topological polar surface area (TPSA) is 109 Å². The van der Waals surface area contributed by atoms with Gasteiger partial charge in [0, 0.05) is 24.9 Å². The van der Waals surface area contributed by atoms with Gasteiger partial charge in [0.25, 0.3) is 11.9 Å². The summed E-state index contributed by atoms with van der Waals surface area (Å²) in [7, 11) is 0. The number of likely N-dealkylation sites (tertiary alicyclic amines) is 1. The molecule has 1 N–H and O–H groups in total. The monoisotopic (exact) mass is 398 g/mol. The van der Waals surface area contributed by atoms with Crippen molar-refractivity contribution in [3.8, 4) is 0 Å². The number of hydrogen-bond acceptors (Lipinski definition) is 5. The van der Waals surface area contributed by atoms with E-state index in [1.165, 1.54) is 4.68 Å². The molecule has 1 aromatic rings. The average molecular weight is 398 g/mol. The van der Waals surface area contributed by atoms with Crippen molar-refractivity contribution in [2.75, 3.05) is 18.4 Å². The van der Waals surface area contributed by atoms with Crippen LogP contribution >= 0.6 is 0 Å². The fourth-order valence-corrected chi connectivity index (χ4v) is 4.54. The SMILES string of the molecule is Cc1cc(NC(=O)C(=O)N2CC(C)CC(C)C2)n(C2=NC(=O)C3CCCC3=N2)n1. The van der Waals surface area contributed by atoms with Gasteiger partial charge >= 0.3 is 11.8 Å². The van der Waals surface area contributed by atoms with Crippen LogP contribution in [0.4, 0.5) is 5.82 Å². The molecule has 9 heteroatoms. The predicted octanol–water partition coefficient (Wildman–Crippen LogP) is 1.62. The molecule has 0 bridgehead atoms. The van der Waals surface area contributed by atoms with Gasteiger partial charge in [0.15, 0.2) is 0 Å². The van der Waals surface area contributed by atoms with E-state index >= 15 is 0 Å². The third-order valence-corrected chi connectivity index (χ3v) is 5.69. The molecule has 29 heavy (non-hydrogen) atoms. The zero-order chi connectivity index (χ0) is 20.7. The van der Waals surface area contributed by atoms with Crippen molar-refractivity contribution >= 4 is 35.2 Å². The number of hydrogen-bond donors (Lipinski definition) is 1. The maximum atomic E-state index is 12.7. The minimum Gasteiger partial charge on any atom is -0.334 e. The number of amides is 3. The summed E-state index contributed by atoms with van der Waals surface area (Å²) in [6.07, 6.45) is 3.51. The highest BCUT2D eigenvalue weighted by Crippen LogP contribution is 2.27. The number of rotatable bonds is 1. The van der Waals surface area contributed by atoms with E-state index in [-0.39, 0.29) is 23.6 Å². The summed E-state index contributed by atoms with van der Waals surface area (Å²) in [5, 5.41) is 6.96. The van der Waals surface area contributed by atoms with Gasteiger partial charge < -0.3 is 10.2 Å². The van der Waals surface area contributed by atoms with Gasteiger partial charge in [-0.15, -0.1) is 0 Å². The molecule has 1 saturated heterocycles. The molecular weight excluding hydrogens is 372 g/mol. The fraction of sp³-hybridized carbons (Fsp3) is 0.600. The molecule has 9 nitrogen and oxygen atoms in total. The van der Waals surface area contributed by atoms with E-state index in [0.29, 0.717) is 30.6 Å². The van der Waals surface area contributed by atoms with Crippen molar-refractivity contribution in [2.45, 2.75) is 46.5 Å². The molecule has 2 fully saturated rings. The lowest BCUT2D eigenvalue weighted by Crippen LogP contribution is -2.47. The highest BCUT2D eigenvalue weighted by atomic mass is 16.2. The Bertz CT molecular complexity index is 921. The summed E-state index contributed by atoms with van der Waals surface area (Å²) in [5.74, 6) is -0.578. The van der Waals surface area contributed by atoms with Crippen LogP contribution in [0.25, 0.3) is 0 Å².